The summed E-state index contributed by atoms with van der Waals surface area (Å²) in [5.41, 5.74) is 5.00. The molecule has 0 aliphatic heterocycles. The molecule has 4 aromatic rings. The van der Waals surface area contributed by atoms with Gasteiger partial charge in [0.25, 0.3) is 0 Å². The molecular formula is C27H24N2O. The van der Waals surface area contributed by atoms with Gasteiger partial charge in [0.15, 0.2) is 0 Å². The quantitative estimate of drug-likeness (QED) is 0.259. The number of benzene rings is 4. The molecule has 0 heterocycles. The van der Waals surface area contributed by atoms with Gasteiger partial charge in [0, 0.05) is 6.20 Å². The molecule has 0 saturated carbocycles. The number of aryl methyl sites for hydroxylation is 1. The highest BCUT2D eigenvalue weighted by molar-refractivity contribution is 6.07. The Bertz CT molecular complexity index is 1300. The average Bonchev–Trinajstić information content (AvgIpc) is 2.78. The molecule has 148 valence electrons. The van der Waals surface area contributed by atoms with Crippen molar-refractivity contribution in [2.24, 2.45) is 10.2 Å². The molecule has 0 bridgehead atoms. The minimum atomic E-state index is -0.534. The lowest BCUT2D eigenvalue weighted by Gasteiger charge is -2.11. The first-order valence-electron chi connectivity index (χ1n) is 10.1. The summed E-state index contributed by atoms with van der Waals surface area (Å²) < 4.78 is 0. The van der Waals surface area contributed by atoms with Crippen molar-refractivity contribution in [1.82, 2.24) is 0 Å². The van der Waals surface area contributed by atoms with Gasteiger partial charge in [-0.3, -0.25) is 4.99 Å². The van der Waals surface area contributed by atoms with E-state index in [4.69, 9.17) is 4.99 Å². The summed E-state index contributed by atoms with van der Waals surface area (Å²) in [4.78, 5) is 16.1. The van der Waals surface area contributed by atoms with E-state index in [1.165, 1.54) is 16.3 Å². The van der Waals surface area contributed by atoms with Crippen LogP contribution in [0.25, 0.3) is 27.1 Å². The highest BCUT2D eigenvalue weighted by Gasteiger charge is 2.14. The van der Waals surface area contributed by atoms with Crippen molar-refractivity contribution in [2.75, 3.05) is 0 Å². The summed E-state index contributed by atoms with van der Waals surface area (Å²) in [5.74, 6) is 0. The molecule has 0 spiro atoms. The summed E-state index contributed by atoms with van der Waals surface area (Å²) in [6, 6.07) is 26.5. The number of allylic oxidation sites excluding steroid dienone is 1. The van der Waals surface area contributed by atoms with Gasteiger partial charge < -0.3 is 0 Å². The van der Waals surface area contributed by atoms with Gasteiger partial charge in [0.1, 0.15) is 6.04 Å². The zero-order chi connectivity index (χ0) is 21.1. The predicted octanol–water partition coefficient (Wildman–Crippen LogP) is 7.31. The molecule has 1 unspecified atom stereocenters. The summed E-state index contributed by atoms with van der Waals surface area (Å²) in [7, 11) is 0. The van der Waals surface area contributed by atoms with E-state index in [0.717, 1.165) is 27.5 Å². The summed E-state index contributed by atoms with van der Waals surface area (Å²) in [6.45, 7) is 5.95. The fourth-order valence-electron chi connectivity index (χ4n) is 3.84. The topological polar surface area (TPSA) is 41.8 Å². The van der Waals surface area contributed by atoms with Crippen LogP contribution >= 0.6 is 0 Å². The van der Waals surface area contributed by atoms with Gasteiger partial charge >= 0.3 is 0 Å². The summed E-state index contributed by atoms with van der Waals surface area (Å²) in [6.07, 6.45) is 1.85. The Hall–Kier alpha value is -3.59. The largest absolute Gasteiger partial charge is 0.258 e. The molecule has 0 aliphatic rings. The molecular weight excluding hydrogens is 368 g/mol. The maximum absolute atomic E-state index is 11.3. The van der Waals surface area contributed by atoms with E-state index in [9.17, 15) is 4.91 Å². The Morgan fingerprint density at radius 2 is 1.43 bits per heavy atom. The number of rotatable bonds is 5. The second-order valence-electron chi connectivity index (χ2n) is 7.68. The third-order valence-corrected chi connectivity index (χ3v) is 5.51. The fourth-order valence-corrected chi connectivity index (χ4v) is 3.84. The van der Waals surface area contributed by atoms with Crippen molar-refractivity contribution in [3.05, 3.63) is 107 Å². The van der Waals surface area contributed by atoms with E-state index >= 15 is 0 Å². The van der Waals surface area contributed by atoms with Gasteiger partial charge in [-0.25, -0.2) is 0 Å². The zero-order valence-corrected chi connectivity index (χ0v) is 17.5. The highest BCUT2D eigenvalue weighted by atomic mass is 16.3. The van der Waals surface area contributed by atoms with Crippen LogP contribution in [0.3, 0.4) is 0 Å². The molecule has 0 aliphatic carbocycles. The monoisotopic (exact) mass is 392 g/mol. The number of hydrogen-bond acceptors (Lipinski definition) is 3. The van der Waals surface area contributed by atoms with Crippen molar-refractivity contribution in [1.29, 1.82) is 0 Å². The molecule has 0 radical (unpaired) electrons. The Kier molecular flexibility index (Phi) is 5.53. The molecule has 0 N–H and O–H groups in total. The minimum absolute atomic E-state index is 0.534. The minimum Gasteiger partial charge on any atom is -0.258 e. The molecule has 0 saturated heterocycles. The van der Waals surface area contributed by atoms with Crippen molar-refractivity contribution in [3.8, 4) is 0 Å². The molecule has 4 aromatic carbocycles. The number of nitroso groups, excluding NO2 is 1. The third kappa shape index (κ3) is 3.92. The molecule has 0 fully saturated rings. The lowest BCUT2D eigenvalue weighted by atomic mass is 9.97. The first-order valence-corrected chi connectivity index (χ1v) is 10.1. The van der Waals surface area contributed by atoms with Crippen LogP contribution in [-0.2, 0) is 0 Å². The van der Waals surface area contributed by atoms with E-state index in [1.807, 2.05) is 30.5 Å². The molecule has 3 nitrogen and oxygen atoms in total. The zero-order valence-electron chi connectivity index (χ0n) is 17.5. The molecule has 1 atom stereocenters. The van der Waals surface area contributed by atoms with Crippen molar-refractivity contribution in [3.63, 3.8) is 0 Å². The molecule has 4 rings (SSSR count). The maximum atomic E-state index is 11.3. The molecule has 3 heteroatoms. The van der Waals surface area contributed by atoms with Gasteiger partial charge in [-0.05, 0) is 76.7 Å². The van der Waals surface area contributed by atoms with Crippen LogP contribution in [0.4, 0.5) is 0 Å². The van der Waals surface area contributed by atoms with Crippen molar-refractivity contribution < 1.29 is 0 Å². The lowest BCUT2D eigenvalue weighted by molar-refractivity contribution is 0.961. The van der Waals surface area contributed by atoms with Crippen molar-refractivity contribution >= 4 is 32.8 Å². The van der Waals surface area contributed by atoms with Crippen LogP contribution in [0, 0.1) is 11.8 Å². The smallest absolute Gasteiger partial charge is 0.132 e. The van der Waals surface area contributed by atoms with Crippen LogP contribution < -0.4 is 0 Å². The van der Waals surface area contributed by atoms with E-state index in [0.29, 0.717) is 5.71 Å². The Morgan fingerprint density at radius 3 is 2.10 bits per heavy atom. The Labute approximate surface area is 176 Å². The van der Waals surface area contributed by atoms with Gasteiger partial charge in [0.2, 0.25) is 0 Å². The van der Waals surface area contributed by atoms with Crippen LogP contribution in [0.15, 0.2) is 95.2 Å². The number of aliphatic imine (C=N–C) groups is 1. The molecule has 30 heavy (non-hydrogen) atoms. The van der Waals surface area contributed by atoms with Crippen molar-refractivity contribution in [2.45, 2.75) is 26.8 Å². The van der Waals surface area contributed by atoms with E-state index < -0.39 is 6.04 Å². The average molecular weight is 393 g/mol. The lowest BCUT2D eigenvalue weighted by Crippen LogP contribution is -2.15. The number of fused-ring (bicyclic) bond motifs is 2. The van der Waals surface area contributed by atoms with Crippen LogP contribution in [0.5, 0.6) is 0 Å². The standard InChI is InChI=1S/C27H24N2O/c1-18-14-22-9-6-7-11-24(22)16-26(18)19(2)17-28-27(20(3)29-30)25-13-12-21-8-4-5-10-23(21)15-25/h4-17,20H,1-3H3/b19-17+,28-27?. The summed E-state index contributed by atoms with van der Waals surface area (Å²) >= 11 is 0. The Balaban J connectivity index is 1.77. The molecule has 0 aromatic heterocycles. The second kappa shape index (κ2) is 8.42. The fraction of sp³-hybridized carbons (Fsp3) is 0.148. The second-order valence-corrected chi connectivity index (χ2v) is 7.68. The predicted molar refractivity (Wildman–Crippen MR) is 128 cm³/mol. The number of hydrogen-bond donors (Lipinski definition) is 0. The van der Waals surface area contributed by atoms with E-state index in [-0.39, 0.29) is 0 Å². The van der Waals surface area contributed by atoms with Gasteiger partial charge in [-0.15, -0.1) is 0 Å². The van der Waals surface area contributed by atoms with E-state index in [1.54, 1.807) is 6.92 Å². The first-order chi connectivity index (χ1) is 14.6. The van der Waals surface area contributed by atoms with Gasteiger partial charge in [-0.1, -0.05) is 71.9 Å². The van der Waals surface area contributed by atoms with Gasteiger partial charge in [0.05, 0.1) is 5.71 Å². The normalized spacial score (nSPS) is 13.6. The highest BCUT2D eigenvalue weighted by Crippen LogP contribution is 2.25. The Morgan fingerprint density at radius 1 is 0.833 bits per heavy atom. The van der Waals surface area contributed by atoms with Crippen LogP contribution in [0.2, 0.25) is 0 Å². The first kappa shape index (κ1) is 19.7. The third-order valence-electron chi connectivity index (χ3n) is 5.51. The van der Waals surface area contributed by atoms with Gasteiger partial charge in [-0.2, -0.15) is 4.91 Å². The van der Waals surface area contributed by atoms with E-state index in [2.05, 4.69) is 73.6 Å². The van der Waals surface area contributed by atoms with Crippen LogP contribution in [0.1, 0.15) is 30.5 Å². The molecule has 0 amide bonds. The SMILES string of the molecule is C/C(=C\N=C(c1ccc2ccccc2c1)C(C)N=O)c1cc2ccccc2cc1C. The summed E-state index contributed by atoms with van der Waals surface area (Å²) in [5, 5.41) is 7.95. The number of nitrogens with zero attached hydrogens (tertiary/aromatic N) is 2. The maximum Gasteiger partial charge on any atom is 0.132 e. The van der Waals surface area contributed by atoms with Crippen LogP contribution in [-0.4, -0.2) is 11.8 Å².